The van der Waals surface area contributed by atoms with E-state index in [2.05, 4.69) is 4.98 Å². The van der Waals surface area contributed by atoms with Gasteiger partial charge in [0.2, 0.25) is 5.91 Å². The standard InChI is InChI=1S/C15H22N2O2/c1-12(18)14-6-9-17(10-7-14)15(19)5-4-13-3-2-8-16-11-13/h2-3,8,11-12,14,18H,4-7,9-10H2,1H3. The number of piperidine rings is 1. The summed E-state index contributed by atoms with van der Waals surface area (Å²) < 4.78 is 0. The first-order valence-corrected chi connectivity index (χ1v) is 7.01. The van der Waals surface area contributed by atoms with E-state index in [1.165, 1.54) is 0 Å². The number of likely N-dealkylation sites (tertiary alicyclic amines) is 1. The van der Waals surface area contributed by atoms with Crippen LogP contribution in [0.4, 0.5) is 0 Å². The second-order valence-electron chi connectivity index (χ2n) is 5.32. The molecule has 1 aromatic heterocycles. The molecule has 0 radical (unpaired) electrons. The molecule has 1 amide bonds. The number of aryl methyl sites for hydroxylation is 1. The molecule has 1 atom stereocenters. The van der Waals surface area contributed by atoms with Crippen molar-refractivity contribution in [1.29, 1.82) is 0 Å². The van der Waals surface area contributed by atoms with Gasteiger partial charge in [-0.3, -0.25) is 9.78 Å². The third-order valence-electron chi connectivity index (χ3n) is 3.92. The number of aliphatic hydroxyl groups excluding tert-OH is 1. The Morgan fingerprint density at radius 3 is 2.84 bits per heavy atom. The molecule has 1 N–H and O–H groups in total. The molecule has 1 fully saturated rings. The van der Waals surface area contributed by atoms with Crippen molar-refractivity contribution in [3.8, 4) is 0 Å². The molecule has 4 heteroatoms. The molecule has 2 heterocycles. The lowest BCUT2D eigenvalue weighted by atomic mass is 9.92. The van der Waals surface area contributed by atoms with Gasteiger partial charge in [-0.25, -0.2) is 0 Å². The highest BCUT2D eigenvalue weighted by Crippen LogP contribution is 2.21. The minimum atomic E-state index is -0.257. The van der Waals surface area contributed by atoms with Crippen LogP contribution in [0.1, 0.15) is 31.7 Å². The van der Waals surface area contributed by atoms with Crippen LogP contribution in [0.15, 0.2) is 24.5 Å². The maximum Gasteiger partial charge on any atom is 0.222 e. The van der Waals surface area contributed by atoms with Crippen LogP contribution in [0.2, 0.25) is 0 Å². The first-order chi connectivity index (χ1) is 9.16. The lowest BCUT2D eigenvalue weighted by Gasteiger charge is -2.33. The summed E-state index contributed by atoms with van der Waals surface area (Å²) in [5.41, 5.74) is 1.11. The smallest absolute Gasteiger partial charge is 0.222 e. The van der Waals surface area contributed by atoms with Gasteiger partial charge in [-0.2, -0.15) is 0 Å². The molecule has 4 nitrogen and oxygen atoms in total. The molecular formula is C15H22N2O2. The fraction of sp³-hybridized carbons (Fsp3) is 0.600. The number of aromatic nitrogens is 1. The van der Waals surface area contributed by atoms with E-state index in [9.17, 15) is 9.90 Å². The molecule has 0 aliphatic carbocycles. The predicted molar refractivity (Wildman–Crippen MR) is 73.5 cm³/mol. The number of carbonyl (C=O) groups excluding carboxylic acids is 1. The number of carbonyl (C=O) groups is 1. The van der Waals surface area contributed by atoms with E-state index >= 15 is 0 Å². The summed E-state index contributed by atoms with van der Waals surface area (Å²) in [5.74, 6) is 0.565. The number of amides is 1. The molecule has 1 aliphatic heterocycles. The highest BCUT2D eigenvalue weighted by molar-refractivity contribution is 5.76. The maximum atomic E-state index is 12.1. The van der Waals surface area contributed by atoms with Crippen molar-refractivity contribution in [3.05, 3.63) is 30.1 Å². The minimum absolute atomic E-state index is 0.216. The Morgan fingerprint density at radius 1 is 1.53 bits per heavy atom. The lowest BCUT2D eigenvalue weighted by Crippen LogP contribution is -2.40. The Hall–Kier alpha value is -1.42. The fourth-order valence-electron chi connectivity index (χ4n) is 2.59. The van der Waals surface area contributed by atoms with Gasteiger partial charge in [0.05, 0.1) is 6.10 Å². The Labute approximate surface area is 114 Å². The minimum Gasteiger partial charge on any atom is -0.393 e. The summed E-state index contributed by atoms with van der Waals surface area (Å²) >= 11 is 0. The first kappa shape index (κ1) is 14.0. The number of hydrogen-bond donors (Lipinski definition) is 1. The zero-order valence-corrected chi connectivity index (χ0v) is 11.5. The number of pyridine rings is 1. The van der Waals surface area contributed by atoms with Gasteiger partial charge in [-0.1, -0.05) is 6.07 Å². The molecule has 1 saturated heterocycles. The SMILES string of the molecule is CC(O)C1CCN(C(=O)CCc2cccnc2)CC1. The topological polar surface area (TPSA) is 53.4 Å². The summed E-state index contributed by atoms with van der Waals surface area (Å²) in [6.45, 7) is 3.40. The molecule has 1 aromatic rings. The van der Waals surface area contributed by atoms with Crippen molar-refractivity contribution in [2.45, 2.75) is 38.7 Å². The lowest BCUT2D eigenvalue weighted by molar-refractivity contribution is -0.133. The molecule has 0 bridgehead atoms. The number of hydrogen-bond acceptors (Lipinski definition) is 3. The van der Waals surface area contributed by atoms with Gasteiger partial charge in [-0.15, -0.1) is 0 Å². The van der Waals surface area contributed by atoms with E-state index in [1.807, 2.05) is 30.2 Å². The monoisotopic (exact) mass is 262 g/mol. The van der Waals surface area contributed by atoms with Gasteiger partial charge in [0.1, 0.15) is 0 Å². The Morgan fingerprint density at radius 2 is 2.26 bits per heavy atom. The van der Waals surface area contributed by atoms with Crippen LogP contribution >= 0.6 is 0 Å². The molecule has 0 aromatic carbocycles. The van der Waals surface area contributed by atoms with Gasteiger partial charge in [0.25, 0.3) is 0 Å². The summed E-state index contributed by atoms with van der Waals surface area (Å²) in [5, 5.41) is 9.54. The molecule has 0 saturated carbocycles. The van der Waals surface area contributed by atoms with Crippen molar-refractivity contribution < 1.29 is 9.90 Å². The highest BCUT2D eigenvalue weighted by atomic mass is 16.3. The fourth-order valence-corrected chi connectivity index (χ4v) is 2.59. The van der Waals surface area contributed by atoms with E-state index in [0.717, 1.165) is 37.9 Å². The number of aliphatic hydroxyl groups is 1. The van der Waals surface area contributed by atoms with Crippen LogP contribution in [-0.2, 0) is 11.2 Å². The van der Waals surface area contributed by atoms with Crippen LogP contribution in [0.25, 0.3) is 0 Å². The van der Waals surface area contributed by atoms with Crippen molar-refractivity contribution >= 4 is 5.91 Å². The normalized spacial score (nSPS) is 18.3. The zero-order chi connectivity index (χ0) is 13.7. The van der Waals surface area contributed by atoms with E-state index in [1.54, 1.807) is 6.20 Å². The van der Waals surface area contributed by atoms with Crippen LogP contribution in [0.3, 0.4) is 0 Å². The molecule has 104 valence electrons. The summed E-state index contributed by atoms with van der Waals surface area (Å²) in [6, 6.07) is 3.90. The summed E-state index contributed by atoms with van der Waals surface area (Å²) in [6.07, 6.45) is 6.42. The van der Waals surface area contributed by atoms with Crippen molar-refractivity contribution in [1.82, 2.24) is 9.88 Å². The molecule has 1 unspecified atom stereocenters. The van der Waals surface area contributed by atoms with Crippen LogP contribution in [-0.4, -0.2) is 40.1 Å². The number of rotatable bonds is 4. The van der Waals surface area contributed by atoms with E-state index in [4.69, 9.17) is 0 Å². The van der Waals surface area contributed by atoms with Crippen LogP contribution < -0.4 is 0 Å². The second-order valence-corrected chi connectivity index (χ2v) is 5.32. The van der Waals surface area contributed by atoms with Crippen molar-refractivity contribution in [2.75, 3.05) is 13.1 Å². The highest BCUT2D eigenvalue weighted by Gasteiger charge is 2.24. The third kappa shape index (κ3) is 4.03. The molecule has 1 aliphatic rings. The van der Waals surface area contributed by atoms with Crippen LogP contribution in [0, 0.1) is 5.92 Å². The zero-order valence-electron chi connectivity index (χ0n) is 11.5. The van der Waals surface area contributed by atoms with Gasteiger partial charge >= 0.3 is 0 Å². The van der Waals surface area contributed by atoms with E-state index in [-0.39, 0.29) is 12.0 Å². The van der Waals surface area contributed by atoms with Gasteiger partial charge in [0, 0.05) is 31.9 Å². The third-order valence-corrected chi connectivity index (χ3v) is 3.92. The average molecular weight is 262 g/mol. The van der Waals surface area contributed by atoms with E-state index < -0.39 is 0 Å². The second kappa shape index (κ2) is 6.66. The molecular weight excluding hydrogens is 240 g/mol. The largest absolute Gasteiger partial charge is 0.393 e. The van der Waals surface area contributed by atoms with Crippen molar-refractivity contribution in [2.24, 2.45) is 5.92 Å². The Kier molecular flexibility index (Phi) is 4.91. The van der Waals surface area contributed by atoms with Crippen molar-refractivity contribution in [3.63, 3.8) is 0 Å². The van der Waals surface area contributed by atoms with Gasteiger partial charge < -0.3 is 10.0 Å². The summed E-state index contributed by atoms with van der Waals surface area (Å²) in [4.78, 5) is 18.1. The Bertz CT molecular complexity index is 398. The number of nitrogens with zero attached hydrogens (tertiary/aromatic N) is 2. The quantitative estimate of drug-likeness (QED) is 0.897. The summed E-state index contributed by atoms with van der Waals surface area (Å²) in [7, 11) is 0. The van der Waals surface area contributed by atoms with E-state index in [0.29, 0.717) is 12.3 Å². The van der Waals surface area contributed by atoms with Crippen LogP contribution in [0.5, 0.6) is 0 Å². The van der Waals surface area contributed by atoms with Gasteiger partial charge in [0.15, 0.2) is 0 Å². The first-order valence-electron chi connectivity index (χ1n) is 7.01. The molecule has 19 heavy (non-hydrogen) atoms. The maximum absolute atomic E-state index is 12.1. The average Bonchev–Trinajstić information content (AvgIpc) is 2.46. The molecule has 2 rings (SSSR count). The Balaban J connectivity index is 1.76. The van der Waals surface area contributed by atoms with Gasteiger partial charge in [-0.05, 0) is 43.7 Å². The molecule has 0 spiro atoms. The predicted octanol–water partition coefficient (Wildman–Crippen LogP) is 1.63.